The lowest BCUT2D eigenvalue weighted by molar-refractivity contribution is -0.879. The normalized spacial score (nSPS) is 24.3. The first-order valence-corrected chi connectivity index (χ1v) is 8.42. The molecule has 4 amide bonds. The van der Waals surface area contributed by atoms with E-state index < -0.39 is 17.5 Å². The fourth-order valence-corrected chi connectivity index (χ4v) is 3.48. The summed E-state index contributed by atoms with van der Waals surface area (Å²) < 4.78 is 0. The number of rotatable bonds is 5. The Labute approximate surface area is 141 Å². The summed E-state index contributed by atoms with van der Waals surface area (Å²) in [4.78, 5) is 38.5. The molecule has 3 N–H and O–H groups in total. The maximum Gasteiger partial charge on any atom is 0.344 e. The average Bonchev–Trinajstić information content (AvgIpc) is 3.18. The van der Waals surface area contributed by atoms with Crippen LogP contribution in [0.1, 0.15) is 31.7 Å². The molecule has 0 unspecified atom stereocenters. The van der Waals surface area contributed by atoms with Crippen molar-refractivity contribution in [2.45, 2.75) is 31.7 Å². The fraction of sp³-hybridized carbons (Fsp3) is 0.471. The van der Waals surface area contributed by atoms with E-state index in [2.05, 4.69) is 10.7 Å². The quantitative estimate of drug-likeness (QED) is 0.640. The number of carbonyl (C=O) groups excluding carboxylic acids is 3. The Bertz CT molecular complexity index is 642. The van der Waals surface area contributed by atoms with E-state index in [0.29, 0.717) is 12.0 Å². The Morgan fingerprint density at radius 3 is 2.54 bits per heavy atom. The number of amides is 4. The van der Waals surface area contributed by atoms with Gasteiger partial charge in [-0.25, -0.2) is 4.79 Å². The fourth-order valence-electron chi connectivity index (χ4n) is 3.48. The van der Waals surface area contributed by atoms with Gasteiger partial charge in [-0.05, 0) is 12.0 Å². The molecule has 0 spiro atoms. The van der Waals surface area contributed by atoms with E-state index in [0.717, 1.165) is 30.9 Å². The number of likely N-dealkylation sites (tertiary alicyclic amines) is 1. The maximum absolute atomic E-state index is 12.9. The number of hydrazine groups is 1. The number of carbonyl (C=O) groups is 3. The average molecular weight is 331 g/mol. The Balaban J connectivity index is 1.74. The van der Waals surface area contributed by atoms with Gasteiger partial charge in [-0.15, -0.1) is 0 Å². The van der Waals surface area contributed by atoms with Gasteiger partial charge in [-0.1, -0.05) is 37.3 Å². The van der Waals surface area contributed by atoms with Crippen molar-refractivity contribution in [1.29, 1.82) is 0 Å². The van der Waals surface area contributed by atoms with Crippen molar-refractivity contribution in [3.05, 3.63) is 35.9 Å². The van der Waals surface area contributed by atoms with Crippen LogP contribution in [-0.2, 0) is 15.1 Å². The monoisotopic (exact) mass is 331 g/mol. The zero-order chi connectivity index (χ0) is 17.2. The number of nitrogens with one attached hydrogen (secondary N) is 3. The molecule has 2 aliphatic heterocycles. The van der Waals surface area contributed by atoms with Gasteiger partial charge in [0.1, 0.15) is 5.54 Å². The molecule has 7 heteroatoms. The molecule has 2 saturated heterocycles. The number of imide groups is 1. The van der Waals surface area contributed by atoms with Gasteiger partial charge in [0, 0.05) is 12.8 Å². The van der Waals surface area contributed by atoms with Gasteiger partial charge < -0.3 is 10.2 Å². The third kappa shape index (κ3) is 2.87. The summed E-state index contributed by atoms with van der Waals surface area (Å²) in [7, 11) is 0. The molecule has 128 valence electrons. The van der Waals surface area contributed by atoms with E-state index >= 15 is 0 Å². The number of benzene rings is 1. The molecule has 0 aliphatic carbocycles. The van der Waals surface area contributed by atoms with Gasteiger partial charge in [-0.3, -0.25) is 15.0 Å². The summed E-state index contributed by atoms with van der Waals surface area (Å²) in [5.41, 5.74) is 2.07. The summed E-state index contributed by atoms with van der Waals surface area (Å²) in [6.07, 6.45) is 2.63. The predicted molar refractivity (Wildman–Crippen MR) is 86.7 cm³/mol. The van der Waals surface area contributed by atoms with Crippen LogP contribution in [-0.4, -0.2) is 42.5 Å². The Morgan fingerprint density at radius 1 is 1.25 bits per heavy atom. The zero-order valence-electron chi connectivity index (χ0n) is 13.8. The molecule has 0 aromatic heterocycles. The second kappa shape index (κ2) is 6.60. The van der Waals surface area contributed by atoms with Crippen LogP contribution in [0.2, 0.25) is 0 Å². The Hall–Kier alpha value is -2.41. The zero-order valence-corrected chi connectivity index (χ0v) is 13.8. The van der Waals surface area contributed by atoms with E-state index in [1.165, 1.54) is 4.90 Å². The highest BCUT2D eigenvalue weighted by Gasteiger charge is 2.52. The lowest BCUT2D eigenvalue weighted by Crippen LogP contribution is -3.11. The van der Waals surface area contributed by atoms with Crippen molar-refractivity contribution >= 4 is 17.8 Å². The molecule has 7 nitrogen and oxygen atoms in total. The van der Waals surface area contributed by atoms with Crippen LogP contribution in [0, 0.1) is 0 Å². The summed E-state index contributed by atoms with van der Waals surface area (Å²) in [6.45, 7) is 4.03. The van der Waals surface area contributed by atoms with Crippen molar-refractivity contribution in [2.75, 3.05) is 19.6 Å². The molecule has 2 heterocycles. The van der Waals surface area contributed by atoms with E-state index in [9.17, 15) is 14.4 Å². The van der Waals surface area contributed by atoms with Gasteiger partial charge >= 0.3 is 6.03 Å². The van der Waals surface area contributed by atoms with E-state index in [1.54, 1.807) is 12.1 Å². The molecule has 0 bridgehead atoms. The number of hydrogen-bond acceptors (Lipinski definition) is 3. The van der Waals surface area contributed by atoms with Crippen LogP contribution in [0.15, 0.2) is 30.3 Å². The van der Waals surface area contributed by atoms with Gasteiger partial charge in [-0.2, -0.15) is 5.01 Å². The van der Waals surface area contributed by atoms with Crippen LogP contribution >= 0.6 is 0 Å². The largest absolute Gasteiger partial charge is 0.344 e. The summed E-state index contributed by atoms with van der Waals surface area (Å²) in [5.74, 6) is -0.749. The molecule has 1 aromatic carbocycles. The van der Waals surface area contributed by atoms with Crippen LogP contribution in [0.5, 0.6) is 0 Å². The van der Waals surface area contributed by atoms with Crippen molar-refractivity contribution < 1.29 is 19.3 Å². The van der Waals surface area contributed by atoms with Crippen molar-refractivity contribution in [1.82, 2.24) is 15.8 Å². The van der Waals surface area contributed by atoms with Gasteiger partial charge in [0.15, 0.2) is 6.54 Å². The molecule has 2 fully saturated rings. The molecule has 0 saturated carbocycles. The minimum absolute atomic E-state index is 0.279. The summed E-state index contributed by atoms with van der Waals surface area (Å²) in [6, 6.07) is 8.53. The number of nitrogens with zero attached hydrogens (tertiary/aromatic N) is 1. The first kappa shape index (κ1) is 16.4. The summed E-state index contributed by atoms with van der Waals surface area (Å²) >= 11 is 0. The van der Waals surface area contributed by atoms with Gasteiger partial charge in [0.05, 0.1) is 13.1 Å². The van der Waals surface area contributed by atoms with E-state index in [1.807, 2.05) is 25.1 Å². The smallest absolute Gasteiger partial charge is 0.327 e. The van der Waals surface area contributed by atoms with E-state index in [-0.39, 0.29) is 12.5 Å². The topological polar surface area (TPSA) is 83.0 Å². The molecule has 24 heavy (non-hydrogen) atoms. The lowest BCUT2D eigenvalue weighted by atomic mass is 9.87. The Morgan fingerprint density at radius 2 is 1.92 bits per heavy atom. The van der Waals surface area contributed by atoms with E-state index in [4.69, 9.17) is 0 Å². The molecule has 0 radical (unpaired) electrons. The van der Waals surface area contributed by atoms with Crippen LogP contribution in [0.25, 0.3) is 0 Å². The highest BCUT2D eigenvalue weighted by Crippen LogP contribution is 2.31. The lowest BCUT2D eigenvalue weighted by Gasteiger charge is -2.25. The van der Waals surface area contributed by atoms with Crippen LogP contribution in [0.4, 0.5) is 4.79 Å². The third-order valence-electron chi connectivity index (χ3n) is 4.85. The third-order valence-corrected chi connectivity index (χ3v) is 4.85. The second-order valence-corrected chi connectivity index (χ2v) is 6.36. The first-order chi connectivity index (χ1) is 11.6. The molecular formula is C17H23N4O3+. The van der Waals surface area contributed by atoms with Crippen molar-refractivity contribution in [3.63, 3.8) is 0 Å². The SMILES string of the molecule is CC[C@@]1(c2ccccc2)NC(=O)N(NC(=O)C[NH+]2CCCC2)C1=O. The van der Waals surface area contributed by atoms with Crippen molar-refractivity contribution in [3.8, 4) is 0 Å². The molecular weight excluding hydrogens is 308 g/mol. The highest BCUT2D eigenvalue weighted by molar-refractivity contribution is 6.08. The molecule has 2 aliphatic rings. The van der Waals surface area contributed by atoms with Gasteiger partial charge in [0.2, 0.25) is 0 Å². The predicted octanol–water partition coefficient (Wildman–Crippen LogP) is -0.446. The van der Waals surface area contributed by atoms with Crippen LogP contribution in [0.3, 0.4) is 0 Å². The maximum atomic E-state index is 12.9. The minimum Gasteiger partial charge on any atom is -0.327 e. The number of quaternary nitrogens is 1. The van der Waals surface area contributed by atoms with Crippen molar-refractivity contribution in [2.24, 2.45) is 0 Å². The second-order valence-electron chi connectivity index (χ2n) is 6.36. The molecule has 3 rings (SSSR count). The van der Waals surface area contributed by atoms with Gasteiger partial charge in [0.25, 0.3) is 11.8 Å². The number of hydrogen-bond donors (Lipinski definition) is 3. The van der Waals surface area contributed by atoms with Crippen LogP contribution < -0.4 is 15.6 Å². The summed E-state index contributed by atoms with van der Waals surface area (Å²) in [5, 5.41) is 3.58. The number of urea groups is 1. The first-order valence-electron chi connectivity index (χ1n) is 8.42. The molecule has 1 aromatic rings. The standard InChI is InChI=1S/C17H22N4O3/c1-2-17(13-8-4-3-5-9-13)15(23)21(16(24)18-17)19-14(22)12-20-10-6-7-11-20/h3-5,8-9H,2,6-7,10-12H2,1H3,(H,18,24)(H,19,22)/p+1/t17-/m0/s1. The molecule has 1 atom stereocenters. The Kier molecular flexibility index (Phi) is 4.53. The highest BCUT2D eigenvalue weighted by atomic mass is 16.2. The minimum atomic E-state index is -1.12.